The van der Waals surface area contributed by atoms with Gasteiger partial charge in [0.25, 0.3) is 11.9 Å². The molecular weight excluding hydrogens is 511 g/mol. The fourth-order valence-electron chi connectivity index (χ4n) is 3.41. The smallest absolute Gasteiger partial charge is 0.350 e. The van der Waals surface area contributed by atoms with Crippen molar-refractivity contribution < 1.29 is 23.8 Å². The monoisotopic (exact) mass is 538 g/mol. The van der Waals surface area contributed by atoms with Crippen molar-refractivity contribution in [1.29, 1.82) is 5.41 Å². The van der Waals surface area contributed by atoms with Crippen LogP contribution in [0.5, 0.6) is 11.5 Å². The van der Waals surface area contributed by atoms with Gasteiger partial charge in [-0.3, -0.25) is 15.2 Å². The number of H-pyrrole nitrogens is 1. The van der Waals surface area contributed by atoms with Gasteiger partial charge in [0.05, 0.1) is 13.7 Å². The Kier molecular flexibility index (Phi) is 9.29. The first-order valence-electron chi connectivity index (χ1n) is 11.5. The summed E-state index contributed by atoms with van der Waals surface area (Å²) < 4.78 is 27.3. The number of aliphatic carboxylic acids is 1. The molecule has 0 bridgehead atoms. The van der Waals surface area contributed by atoms with E-state index in [0.29, 0.717) is 23.6 Å². The average Bonchev–Trinajstić information content (AvgIpc) is 3.30. The van der Waals surface area contributed by atoms with Gasteiger partial charge in [-0.1, -0.05) is 0 Å². The maximum Gasteiger partial charge on any atom is 0.350 e. The molecule has 0 saturated carbocycles. The van der Waals surface area contributed by atoms with Gasteiger partial charge in [-0.15, -0.1) is 9.78 Å². The van der Waals surface area contributed by atoms with E-state index in [1.165, 1.54) is 31.6 Å². The summed E-state index contributed by atoms with van der Waals surface area (Å²) in [6.07, 6.45) is 2.96. The minimum Gasteiger partial charge on any atom is -0.494 e. The third-order valence-electron chi connectivity index (χ3n) is 5.04. The molecule has 4 rings (SSSR count). The molecule has 0 radical (unpaired) electrons. The van der Waals surface area contributed by atoms with E-state index < -0.39 is 23.5 Å². The maximum absolute atomic E-state index is 15.5. The predicted molar refractivity (Wildman–Crippen MR) is 140 cm³/mol. The molecule has 0 unspecified atom stereocenters. The highest BCUT2D eigenvalue weighted by Gasteiger charge is 2.26. The molecular formula is C25H27FN8O5. The summed E-state index contributed by atoms with van der Waals surface area (Å²) in [7, 11) is 1.35. The van der Waals surface area contributed by atoms with Crippen LogP contribution in [0.25, 0.3) is 5.95 Å². The summed E-state index contributed by atoms with van der Waals surface area (Å²) in [5.74, 6) is -1.05. The number of anilines is 1. The molecule has 0 aliphatic heterocycles. The zero-order valence-corrected chi connectivity index (χ0v) is 21.3. The number of ether oxygens (including phenoxy) is 2. The molecule has 0 amide bonds. The number of carboxylic acids is 1. The quantitative estimate of drug-likeness (QED) is 0.156. The Morgan fingerprint density at radius 3 is 2.46 bits per heavy atom. The summed E-state index contributed by atoms with van der Waals surface area (Å²) in [6, 6.07) is 10.3. The minimum absolute atomic E-state index is 0.0298. The molecule has 2 heterocycles. The van der Waals surface area contributed by atoms with Gasteiger partial charge < -0.3 is 25.6 Å². The number of hydrogen-bond donors (Lipinski definition) is 5. The molecule has 2 aromatic carbocycles. The van der Waals surface area contributed by atoms with E-state index in [1.54, 1.807) is 37.3 Å². The van der Waals surface area contributed by atoms with Crippen LogP contribution in [0.3, 0.4) is 0 Å². The number of nitrogens with one attached hydrogen (secondary N) is 3. The van der Waals surface area contributed by atoms with Gasteiger partial charge in [0.1, 0.15) is 17.6 Å². The summed E-state index contributed by atoms with van der Waals surface area (Å²) >= 11 is 0. The fraction of sp³-hybridized carbons (Fsp3) is 0.200. The van der Waals surface area contributed by atoms with Crippen LogP contribution in [-0.4, -0.2) is 55.4 Å². The second kappa shape index (κ2) is 12.8. The maximum atomic E-state index is 15.5. The molecule has 1 atom stereocenters. The van der Waals surface area contributed by atoms with Crippen LogP contribution in [0.1, 0.15) is 36.8 Å². The summed E-state index contributed by atoms with van der Waals surface area (Å²) in [5, 5.41) is 22.5. The first-order chi connectivity index (χ1) is 18.6. The van der Waals surface area contributed by atoms with Crippen molar-refractivity contribution in [2.24, 2.45) is 5.73 Å². The molecule has 0 spiro atoms. The third kappa shape index (κ3) is 7.15. The standard InChI is InChI=1S/C23H23FN8O3.C2H4O2/c1-3-35-15-11-16(18(24)17(12-15)34-2)19(29-14-7-5-13(6-8-14)20(25)26)21-30-23(33)32(31-21)22-27-9-4-10-28-22;1-2(3)4/h4-12,19,29H,3H2,1-2H3,(H3,25,26)(H,30,31,33);1H3,(H,3,4)/t19-;/m0./s1. The second-order valence-electron chi connectivity index (χ2n) is 7.83. The Balaban J connectivity index is 0.000000983. The lowest BCUT2D eigenvalue weighted by molar-refractivity contribution is -0.134. The van der Waals surface area contributed by atoms with Gasteiger partial charge in [-0.2, -0.15) is 0 Å². The molecule has 4 aromatic rings. The van der Waals surface area contributed by atoms with Crippen molar-refractivity contribution in [2.45, 2.75) is 19.9 Å². The normalized spacial score (nSPS) is 11.1. The van der Waals surface area contributed by atoms with Crippen LogP contribution in [0.4, 0.5) is 10.1 Å². The molecule has 14 heteroatoms. The minimum atomic E-state index is -0.967. The van der Waals surface area contributed by atoms with Crippen molar-refractivity contribution in [3.63, 3.8) is 0 Å². The van der Waals surface area contributed by atoms with Crippen molar-refractivity contribution in [3.05, 3.63) is 88.1 Å². The number of carboxylic acid groups (broad SMARTS) is 1. The number of amidine groups is 1. The van der Waals surface area contributed by atoms with Crippen molar-refractivity contribution in [2.75, 3.05) is 19.0 Å². The molecule has 13 nitrogen and oxygen atoms in total. The SMILES string of the molecule is CC(=O)O.CCOc1cc(OC)c(F)c([C@H](Nc2ccc(C(=N)N)cc2)c2nn(-c3ncccn3)c(=O)[nH]2)c1. The number of nitrogens with two attached hydrogens (primary N) is 1. The van der Waals surface area contributed by atoms with Crippen LogP contribution >= 0.6 is 0 Å². The number of nitrogen functional groups attached to an aromatic ring is 1. The lowest BCUT2D eigenvalue weighted by Gasteiger charge is -2.21. The summed E-state index contributed by atoms with van der Waals surface area (Å²) in [6.45, 7) is 3.25. The topological polar surface area (TPSA) is 194 Å². The first-order valence-corrected chi connectivity index (χ1v) is 11.5. The lowest BCUT2D eigenvalue weighted by Crippen LogP contribution is -2.18. The van der Waals surface area contributed by atoms with E-state index in [2.05, 4.69) is 25.4 Å². The van der Waals surface area contributed by atoms with Gasteiger partial charge in [-0.25, -0.2) is 19.2 Å². The highest BCUT2D eigenvalue weighted by Crippen LogP contribution is 2.34. The van der Waals surface area contributed by atoms with Crippen LogP contribution in [0, 0.1) is 11.2 Å². The van der Waals surface area contributed by atoms with E-state index >= 15 is 4.39 Å². The Bertz CT molecular complexity index is 1480. The zero-order chi connectivity index (χ0) is 28.5. The Hall–Kier alpha value is -5.27. The van der Waals surface area contributed by atoms with Crippen LogP contribution < -0.4 is 26.2 Å². The highest BCUT2D eigenvalue weighted by atomic mass is 19.1. The van der Waals surface area contributed by atoms with Crippen LogP contribution in [0.15, 0.2) is 59.7 Å². The van der Waals surface area contributed by atoms with Crippen LogP contribution in [0.2, 0.25) is 0 Å². The van der Waals surface area contributed by atoms with E-state index in [4.69, 9.17) is 30.5 Å². The van der Waals surface area contributed by atoms with E-state index in [-0.39, 0.29) is 28.9 Å². The largest absolute Gasteiger partial charge is 0.494 e. The molecule has 204 valence electrons. The second-order valence-corrected chi connectivity index (χ2v) is 7.83. The van der Waals surface area contributed by atoms with Gasteiger partial charge in [0.15, 0.2) is 17.4 Å². The van der Waals surface area contributed by atoms with Crippen molar-refractivity contribution in [3.8, 4) is 17.4 Å². The summed E-state index contributed by atoms with van der Waals surface area (Å²) in [5.41, 5.74) is 6.15. The number of benzene rings is 2. The average molecular weight is 539 g/mol. The molecule has 6 N–H and O–H groups in total. The van der Waals surface area contributed by atoms with Crippen LogP contribution in [-0.2, 0) is 4.79 Å². The van der Waals surface area contributed by atoms with Gasteiger partial charge >= 0.3 is 5.69 Å². The van der Waals surface area contributed by atoms with E-state index in [9.17, 15) is 4.79 Å². The fourth-order valence-corrected chi connectivity index (χ4v) is 3.41. The number of carbonyl (C=O) groups is 1. The number of aromatic nitrogens is 5. The molecule has 2 aromatic heterocycles. The van der Waals surface area contributed by atoms with Crippen molar-refractivity contribution >= 4 is 17.5 Å². The van der Waals surface area contributed by atoms with Crippen molar-refractivity contribution in [1.82, 2.24) is 24.7 Å². The summed E-state index contributed by atoms with van der Waals surface area (Å²) in [4.78, 5) is 32.4. The predicted octanol–water partition coefficient (Wildman–Crippen LogP) is 2.47. The van der Waals surface area contributed by atoms with Gasteiger partial charge in [0, 0.05) is 42.2 Å². The molecule has 0 fully saturated rings. The molecule has 0 aliphatic carbocycles. The molecule has 0 saturated heterocycles. The Labute approximate surface area is 222 Å². The first kappa shape index (κ1) is 28.3. The number of methoxy groups -OCH3 is 1. The molecule has 39 heavy (non-hydrogen) atoms. The lowest BCUT2D eigenvalue weighted by atomic mass is 10.0. The number of aromatic amines is 1. The Morgan fingerprint density at radius 2 is 1.90 bits per heavy atom. The number of rotatable bonds is 9. The number of nitrogens with zero attached hydrogens (tertiary/aromatic N) is 4. The van der Waals surface area contributed by atoms with E-state index in [0.717, 1.165) is 11.6 Å². The Morgan fingerprint density at radius 1 is 1.26 bits per heavy atom. The number of hydrogen-bond acceptors (Lipinski definition) is 9. The molecule has 0 aliphatic rings. The van der Waals surface area contributed by atoms with Gasteiger partial charge in [-0.05, 0) is 43.3 Å². The zero-order valence-electron chi connectivity index (χ0n) is 21.3. The number of halogens is 1. The third-order valence-corrected chi connectivity index (χ3v) is 5.04. The van der Waals surface area contributed by atoms with E-state index in [1.807, 2.05) is 0 Å². The van der Waals surface area contributed by atoms with Gasteiger partial charge in [0.2, 0.25) is 0 Å². The highest BCUT2D eigenvalue weighted by molar-refractivity contribution is 5.95.